The van der Waals surface area contributed by atoms with Crippen LogP contribution in [0.5, 0.6) is 0 Å². The Kier molecular flexibility index (Phi) is 4.35. The molecule has 90 valence electrons. The molecule has 0 bridgehead atoms. The number of carbonyl (C=O) groups is 1. The first kappa shape index (κ1) is 13.0. The minimum absolute atomic E-state index is 0.0284. The molecular formula is C13H22N2O. The monoisotopic (exact) mass is 222 g/mol. The quantitative estimate of drug-likeness (QED) is 0.735. The van der Waals surface area contributed by atoms with E-state index in [1.807, 2.05) is 18.7 Å². The number of likely N-dealkylation sites (tertiary alicyclic amines) is 1. The van der Waals surface area contributed by atoms with Crippen molar-refractivity contribution in [3.63, 3.8) is 0 Å². The van der Waals surface area contributed by atoms with Gasteiger partial charge in [-0.05, 0) is 24.2 Å². The number of hydrogen-bond acceptors (Lipinski definition) is 2. The summed E-state index contributed by atoms with van der Waals surface area (Å²) >= 11 is 0. The van der Waals surface area contributed by atoms with E-state index in [0.29, 0.717) is 11.8 Å². The van der Waals surface area contributed by atoms with Gasteiger partial charge in [0, 0.05) is 13.1 Å². The normalized spacial score (nSPS) is 22.6. The number of nitriles is 1. The number of hydrogen-bond donors (Lipinski definition) is 0. The van der Waals surface area contributed by atoms with Crippen molar-refractivity contribution in [2.75, 3.05) is 13.1 Å². The number of carbonyl (C=O) groups excluding carboxylic acids is 1. The lowest BCUT2D eigenvalue weighted by molar-refractivity contribution is -0.134. The Morgan fingerprint density at radius 3 is 2.38 bits per heavy atom. The van der Waals surface area contributed by atoms with Crippen LogP contribution in [0.3, 0.4) is 0 Å². The van der Waals surface area contributed by atoms with Gasteiger partial charge in [0.25, 0.3) is 0 Å². The highest BCUT2D eigenvalue weighted by atomic mass is 16.2. The van der Waals surface area contributed by atoms with Crippen molar-refractivity contribution in [1.29, 1.82) is 5.26 Å². The number of rotatable bonds is 3. The third-order valence-electron chi connectivity index (χ3n) is 3.55. The van der Waals surface area contributed by atoms with Gasteiger partial charge in [-0.15, -0.1) is 0 Å². The van der Waals surface area contributed by atoms with Gasteiger partial charge in [-0.25, -0.2) is 0 Å². The Morgan fingerprint density at radius 2 is 2.00 bits per heavy atom. The van der Waals surface area contributed by atoms with Crippen LogP contribution in [0.25, 0.3) is 0 Å². The van der Waals surface area contributed by atoms with E-state index in [-0.39, 0.29) is 11.8 Å². The van der Waals surface area contributed by atoms with E-state index in [1.165, 1.54) is 0 Å². The third-order valence-corrected chi connectivity index (χ3v) is 3.55. The minimum Gasteiger partial charge on any atom is -0.341 e. The zero-order valence-corrected chi connectivity index (χ0v) is 10.7. The average molecular weight is 222 g/mol. The van der Waals surface area contributed by atoms with Crippen LogP contribution < -0.4 is 0 Å². The first-order valence-corrected chi connectivity index (χ1v) is 6.15. The highest BCUT2D eigenvalue weighted by Gasteiger charge is 2.33. The molecule has 0 saturated carbocycles. The van der Waals surface area contributed by atoms with Crippen molar-refractivity contribution in [3.8, 4) is 6.07 Å². The van der Waals surface area contributed by atoms with Crippen molar-refractivity contribution in [2.45, 2.75) is 34.1 Å². The molecule has 0 aromatic rings. The van der Waals surface area contributed by atoms with Gasteiger partial charge in [-0.3, -0.25) is 4.79 Å². The molecule has 1 fully saturated rings. The standard InChI is InChI=1S/C13H22N2O/c1-9(2)11-5-6-15(8-11)13(16)12(7-14)10(3)4/h9-12H,5-6,8H2,1-4H3. The molecule has 3 nitrogen and oxygen atoms in total. The summed E-state index contributed by atoms with van der Waals surface area (Å²) in [5, 5.41) is 9.00. The molecule has 2 atom stereocenters. The molecule has 1 rings (SSSR count). The van der Waals surface area contributed by atoms with Gasteiger partial charge >= 0.3 is 0 Å². The predicted octanol–water partition coefficient (Wildman–Crippen LogP) is 2.29. The van der Waals surface area contributed by atoms with Gasteiger partial charge < -0.3 is 4.90 Å². The molecule has 16 heavy (non-hydrogen) atoms. The van der Waals surface area contributed by atoms with Gasteiger partial charge in [-0.2, -0.15) is 5.26 Å². The second kappa shape index (κ2) is 5.34. The van der Waals surface area contributed by atoms with Gasteiger partial charge in [-0.1, -0.05) is 27.7 Å². The maximum Gasteiger partial charge on any atom is 0.240 e. The molecule has 2 unspecified atom stereocenters. The highest BCUT2D eigenvalue weighted by molar-refractivity contribution is 5.81. The van der Waals surface area contributed by atoms with Crippen molar-refractivity contribution >= 4 is 5.91 Å². The third kappa shape index (κ3) is 2.75. The Morgan fingerprint density at radius 1 is 1.38 bits per heavy atom. The number of amides is 1. The molecule has 1 saturated heterocycles. The Hall–Kier alpha value is -1.04. The molecule has 0 spiro atoms. The molecule has 1 aliphatic rings. The smallest absolute Gasteiger partial charge is 0.240 e. The van der Waals surface area contributed by atoms with E-state index in [2.05, 4.69) is 19.9 Å². The summed E-state index contributed by atoms with van der Waals surface area (Å²) in [6.45, 7) is 9.92. The van der Waals surface area contributed by atoms with Crippen molar-refractivity contribution < 1.29 is 4.79 Å². The molecule has 0 aliphatic carbocycles. The largest absolute Gasteiger partial charge is 0.341 e. The van der Waals surface area contributed by atoms with Gasteiger partial charge in [0.05, 0.1) is 6.07 Å². The molecule has 0 aromatic carbocycles. The summed E-state index contributed by atoms with van der Waals surface area (Å²) in [6, 6.07) is 2.13. The highest BCUT2D eigenvalue weighted by Crippen LogP contribution is 2.26. The Labute approximate surface area is 98.4 Å². The Bertz CT molecular complexity index is 291. The zero-order valence-electron chi connectivity index (χ0n) is 10.7. The summed E-state index contributed by atoms with van der Waals surface area (Å²) in [6.07, 6.45) is 1.08. The molecule has 0 radical (unpaired) electrons. The fraction of sp³-hybridized carbons (Fsp3) is 0.846. The van der Waals surface area contributed by atoms with E-state index in [0.717, 1.165) is 19.5 Å². The van der Waals surface area contributed by atoms with E-state index in [4.69, 9.17) is 5.26 Å². The summed E-state index contributed by atoms with van der Waals surface area (Å²) < 4.78 is 0. The van der Waals surface area contributed by atoms with Crippen molar-refractivity contribution in [3.05, 3.63) is 0 Å². The molecule has 0 aromatic heterocycles. The zero-order chi connectivity index (χ0) is 12.3. The molecule has 1 heterocycles. The lowest BCUT2D eigenvalue weighted by Crippen LogP contribution is -2.36. The van der Waals surface area contributed by atoms with Crippen molar-refractivity contribution in [1.82, 2.24) is 4.90 Å². The Balaban J connectivity index is 2.60. The van der Waals surface area contributed by atoms with Crippen molar-refractivity contribution in [2.24, 2.45) is 23.7 Å². The molecule has 0 N–H and O–H groups in total. The van der Waals surface area contributed by atoms with Crippen LogP contribution >= 0.6 is 0 Å². The fourth-order valence-electron chi connectivity index (χ4n) is 2.22. The summed E-state index contributed by atoms with van der Waals surface area (Å²) in [4.78, 5) is 14.0. The molecule has 1 aliphatic heterocycles. The van der Waals surface area contributed by atoms with Crippen LogP contribution in [0.2, 0.25) is 0 Å². The maximum absolute atomic E-state index is 12.1. The fourth-order valence-corrected chi connectivity index (χ4v) is 2.22. The van der Waals surface area contributed by atoms with Crippen LogP contribution in [0.1, 0.15) is 34.1 Å². The lowest BCUT2D eigenvalue weighted by atomic mass is 9.95. The van der Waals surface area contributed by atoms with Gasteiger partial charge in [0.15, 0.2) is 0 Å². The van der Waals surface area contributed by atoms with E-state index in [1.54, 1.807) is 0 Å². The van der Waals surface area contributed by atoms with Gasteiger partial charge in [0.2, 0.25) is 5.91 Å². The first-order valence-electron chi connectivity index (χ1n) is 6.15. The van der Waals surface area contributed by atoms with E-state index >= 15 is 0 Å². The number of nitrogens with zero attached hydrogens (tertiary/aromatic N) is 2. The second-order valence-electron chi connectivity index (χ2n) is 5.43. The van der Waals surface area contributed by atoms with E-state index < -0.39 is 5.92 Å². The van der Waals surface area contributed by atoms with Gasteiger partial charge in [0.1, 0.15) is 5.92 Å². The second-order valence-corrected chi connectivity index (χ2v) is 5.43. The SMILES string of the molecule is CC(C)C1CCN(C(=O)C(C#N)C(C)C)C1. The van der Waals surface area contributed by atoms with Crippen LogP contribution in [-0.2, 0) is 4.79 Å². The van der Waals surface area contributed by atoms with Crippen LogP contribution in [0, 0.1) is 35.0 Å². The molecule has 1 amide bonds. The topological polar surface area (TPSA) is 44.1 Å². The molecule has 3 heteroatoms. The summed E-state index contributed by atoms with van der Waals surface area (Å²) in [7, 11) is 0. The minimum atomic E-state index is -0.467. The predicted molar refractivity (Wildman–Crippen MR) is 63.5 cm³/mol. The first-order chi connectivity index (χ1) is 7.47. The van der Waals surface area contributed by atoms with Crippen LogP contribution in [0.4, 0.5) is 0 Å². The summed E-state index contributed by atoms with van der Waals surface area (Å²) in [5.41, 5.74) is 0. The van der Waals surface area contributed by atoms with E-state index in [9.17, 15) is 4.79 Å². The average Bonchev–Trinajstić information content (AvgIpc) is 2.66. The lowest BCUT2D eigenvalue weighted by Gasteiger charge is -2.22. The summed E-state index contributed by atoms with van der Waals surface area (Å²) in [5.74, 6) is 0.898. The van der Waals surface area contributed by atoms with Crippen LogP contribution in [-0.4, -0.2) is 23.9 Å². The van der Waals surface area contributed by atoms with Crippen LogP contribution in [0.15, 0.2) is 0 Å². The maximum atomic E-state index is 12.1. The molecular weight excluding hydrogens is 200 g/mol.